The van der Waals surface area contributed by atoms with E-state index in [1.807, 2.05) is 19.0 Å². The Morgan fingerprint density at radius 1 is 0.962 bits per heavy atom. The zero-order valence-corrected chi connectivity index (χ0v) is 17.4. The van der Waals surface area contributed by atoms with E-state index >= 15 is 0 Å². The maximum absolute atomic E-state index is 12.6. The highest BCUT2D eigenvalue weighted by Crippen LogP contribution is 2.32. The Morgan fingerprint density at radius 3 is 1.92 bits per heavy atom. The summed E-state index contributed by atoms with van der Waals surface area (Å²) in [7, 11) is 3.95. The van der Waals surface area contributed by atoms with Gasteiger partial charge in [-0.15, -0.1) is 0 Å². The number of likely N-dealkylation sites (N-methyl/N-ethyl adjacent to an activating group) is 1. The summed E-state index contributed by atoms with van der Waals surface area (Å²) in [5.41, 5.74) is 3.24. The number of para-hydroxylation sites is 1. The number of hydrogen-bond donors (Lipinski definition) is 1. The first-order chi connectivity index (χ1) is 12.1. The Kier molecular flexibility index (Phi) is 8.79. The van der Waals surface area contributed by atoms with Crippen LogP contribution >= 0.6 is 0 Å². The molecule has 2 amide bonds. The maximum atomic E-state index is 12.6. The van der Waals surface area contributed by atoms with Crippen LogP contribution in [0.4, 0.5) is 5.69 Å². The van der Waals surface area contributed by atoms with E-state index < -0.39 is 0 Å². The molecule has 1 N–H and O–H groups in total. The van der Waals surface area contributed by atoms with E-state index in [-0.39, 0.29) is 11.8 Å². The summed E-state index contributed by atoms with van der Waals surface area (Å²) in [4.78, 5) is 28.1. The Morgan fingerprint density at radius 2 is 1.50 bits per heavy atom. The van der Waals surface area contributed by atoms with Crippen molar-refractivity contribution in [2.75, 3.05) is 39.0 Å². The molecule has 0 saturated heterocycles. The van der Waals surface area contributed by atoms with Crippen molar-refractivity contribution in [1.82, 2.24) is 9.80 Å². The molecule has 146 valence electrons. The number of carbonyl (C=O) groups excluding carboxylic acids is 2. The van der Waals surface area contributed by atoms with E-state index in [1.165, 1.54) is 0 Å². The molecule has 0 aliphatic rings. The number of nitrogens with zero attached hydrogens (tertiary/aromatic N) is 2. The van der Waals surface area contributed by atoms with Gasteiger partial charge in [-0.2, -0.15) is 0 Å². The molecule has 0 aliphatic heterocycles. The molecule has 0 saturated carbocycles. The smallest absolute Gasteiger partial charge is 0.226 e. The fourth-order valence-corrected chi connectivity index (χ4v) is 2.88. The van der Waals surface area contributed by atoms with Crippen molar-refractivity contribution in [2.24, 2.45) is 0 Å². The Labute approximate surface area is 158 Å². The number of rotatable bonds is 9. The van der Waals surface area contributed by atoms with Gasteiger partial charge in [0.1, 0.15) is 0 Å². The average Bonchev–Trinajstić information content (AvgIpc) is 2.53. The van der Waals surface area contributed by atoms with Crippen LogP contribution in [0.2, 0.25) is 0 Å². The van der Waals surface area contributed by atoms with Gasteiger partial charge in [0.2, 0.25) is 11.8 Å². The van der Waals surface area contributed by atoms with Gasteiger partial charge in [0.15, 0.2) is 0 Å². The molecular weight excluding hydrogens is 326 g/mol. The lowest BCUT2D eigenvalue weighted by molar-refractivity contribution is -0.129. The minimum absolute atomic E-state index is 0.00472. The molecule has 0 aromatic heterocycles. The van der Waals surface area contributed by atoms with E-state index in [2.05, 4.69) is 51.2 Å². The van der Waals surface area contributed by atoms with Gasteiger partial charge in [-0.1, -0.05) is 45.9 Å². The Bertz CT molecular complexity index is 583. The summed E-state index contributed by atoms with van der Waals surface area (Å²) in [5, 5.41) is 3.11. The molecule has 0 spiro atoms. The molecule has 1 aromatic carbocycles. The van der Waals surface area contributed by atoms with E-state index in [1.54, 1.807) is 11.8 Å². The minimum Gasteiger partial charge on any atom is -0.341 e. The molecule has 5 heteroatoms. The second kappa shape index (κ2) is 10.3. The lowest BCUT2D eigenvalue weighted by Gasteiger charge is -2.24. The summed E-state index contributed by atoms with van der Waals surface area (Å²) in [6, 6.07) is 6.20. The van der Waals surface area contributed by atoms with Crippen molar-refractivity contribution in [1.29, 1.82) is 0 Å². The third-order valence-electron chi connectivity index (χ3n) is 4.51. The summed E-state index contributed by atoms with van der Waals surface area (Å²) in [6.07, 6.45) is 0.303. The number of nitrogens with one attached hydrogen (secondary N) is 1. The second-order valence-corrected chi connectivity index (χ2v) is 7.73. The predicted octanol–water partition coefficient (Wildman–Crippen LogP) is 3.67. The van der Waals surface area contributed by atoms with Crippen LogP contribution in [-0.2, 0) is 9.59 Å². The van der Waals surface area contributed by atoms with Gasteiger partial charge >= 0.3 is 0 Å². The summed E-state index contributed by atoms with van der Waals surface area (Å²) in [5.74, 6) is 0.622. The highest BCUT2D eigenvalue weighted by molar-refractivity contribution is 5.93. The number of carbonyl (C=O) groups is 2. The number of hydrogen-bond acceptors (Lipinski definition) is 3. The Balaban J connectivity index is 2.82. The van der Waals surface area contributed by atoms with Crippen molar-refractivity contribution in [3.8, 4) is 0 Å². The molecule has 0 heterocycles. The van der Waals surface area contributed by atoms with Crippen molar-refractivity contribution in [3.63, 3.8) is 0 Å². The van der Waals surface area contributed by atoms with Crippen LogP contribution in [0.15, 0.2) is 18.2 Å². The van der Waals surface area contributed by atoms with E-state index in [0.717, 1.165) is 23.4 Å². The first-order valence-electron chi connectivity index (χ1n) is 9.46. The summed E-state index contributed by atoms with van der Waals surface area (Å²) >= 11 is 0. The van der Waals surface area contributed by atoms with Crippen LogP contribution < -0.4 is 5.32 Å². The molecule has 0 fully saturated rings. The fraction of sp³-hybridized carbons (Fsp3) is 0.619. The summed E-state index contributed by atoms with van der Waals surface area (Å²) < 4.78 is 0. The van der Waals surface area contributed by atoms with Crippen LogP contribution in [-0.4, -0.2) is 55.3 Å². The molecule has 5 nitrogen and oxygen atoms in total. The molecule has 1 aromatic rings. The topological polar surface area (TPSA) is 52.7 Å². The first-order valence-corrected chi connectivity index (χ1v) is 9.46. The van der Waals surface area contributed by atoms with Gasteiger partial charge in [0.05, 0.1) is 0 Å². The van der Waals surface area contributed by atoms with Crippen LogP contribution in [0.25, 0.3) is 0 Å². The zero-order chi connectivity index (χ0) is 19.9. The second-order valence-electron chi connectivity index (χ2n) is 7.73. The van der Waals surface area contributed by atoms with E-state index in [0.29, 0.717) is 31.3 Å². The normalized spacial score (nSPS) is 11.3. The molecule has 0 radical (unpaired) electrons. The third kappa shape index (κ3) is 6.79. The molecule has 0 unspecified atom stereocenters. The molecule has 0 bridgehead atoms. The lowest BCUT2D eigenvalue weighted by Crippen LogP contribution is -2.37. The lowest BCUT2D eigenvalue weighted by atomic mass is 9.92. The van der Waals surface area contributed by atoms with Gasteiger partial charge in [-0.05, 0) is 37.1 Å². The quantitative estimate of drug-likeness (QED) is 0.730. The van der Waals surface area contributed by atoms with Gasteiger partial charge in [0, 0.05) is 38.7 Å². The molecular formula is C21H35N3O2. The fourth-order valence-electron chi connectivity index (χ4n) is 2.88. The number of amides is 2. The third-order valence-corrected chi connectivity index (χ3v) is 4.51. The van der Waals surface area contributed by atoms with Crippen molar-refractivity contribution >= 4 is 17.5 Å². The maximum Gasteiger partial charge on any atom is 0.226 e. The van der Waals surface area contributed by atoms with Gasteiger partial charge in [-0.25, -0.2) is 0 Å². The van der Waals surface area contributed by atoms with Crippen molar-refractivity contribution in [3.05, 3.63) is 29.3 Å². The monoisotopic (exact) mass is 361 g/mol. The van der Waals surface area contributed by atoms with Gasteiger partial charge in [-0.3, -0.25) is 9.59 Å². The largest absolute Gasteiger partial charge is 0.341 e. The number of benzene rings is 1. The van der Waals surface area contributed by atoms with Crippen LogP contribution in [0, 0.1) is 0 Å². The predicted molar refractivity (Wildman–Crippen MR) is 109 cm³/mol. The highest BCUT2D eigenvalue weighted by atomic mass is 16.2. The average molecular weight is 362 g/mol. The van der Waals surface area contributed by atoms with E-state index in [9.17, 15) is 9.59 Å². The Hall–Kier alpha value is -1.88. The highest BCUT2D eigenvalue weighted by Gasteiger charge is 2.17. The van der Waals surface area contributed by atoms with Gasteiger partial charge < -0.3 is 15.1 Å². The van der Waals surface area contributed by atoms with Crippen molar-refractivity contribution < 1.29 is 9.59 Å². The minimum atomic E-state index is -0.0453. The number of anilines is 1. The molecule has 26 heavy (non-hydrogen) atoms. The molecule has 0 aliphatic carbocycles. The standard InChI is InChI=1S/C21H35N3O2/c1-15(2)18-9-8-10-19(16(3)4)21(18)22-20(26)11-12-24(17(5)25)14-13-23(6)7/h8-10,15-16H,11-14H2,1-7H3,(H,22,26). The summed E-state index contributed by atoms with van der Waals surface area (Å²) in [6.45, 7) is 11.9. The van der Waals surface area contributed by atoms with Crippen molar-refractivity contribution in [2.45, 2.75) is 52.9 Å². The van der Waals surface area contributed by atoms with Gasteiger partial charge in [0.25, 0.3) is 0 Å². The SMILES string of the molecule is CC(=O)N(CCC(=O)Nc1c(C(C)C)cccc1C(C)C)CCN(C)C. The van der Waals surface area contributed by atoms with Crippen LogP contribution in [0.1, 0.15) is 64.0 Å². The van der Waals surface area contributed by atoms with E-state index in [4.69, 9.17) is 0 Å². The zero-order valence-electron chi connectivity index (χ0n) is 17.4. The molecule has 1 rings (SSSR count). The first kappa shape index (κ1) is 22.2. The van der Waals surface area contributed by atoms with Crippen LogP contribution in [0.3, 0.4) is 0 Å². The molecule has 0 atom stereocenters. The van der Waals surface area contributed by atoms with Crippen LogP contribution in [0.5, 0.6) is 0 Å².